The van der Waals surface area contributed by atoms with E-state index in [1.165, 1.54) is 0 Å². The lowest BCUT2D eigenvalue weighted by Gasteiger charge is -2.33. The number of aryl methyl sites for hydroxylation is 1. The maximum Gasteiger partial charge on any atom is 0.311 e. The molecule has 1 saturated carbocycles. The number of carboxylic acids is 1. The highest BCUT2D eigenvalue weighted by Gasteiger charge is 2.39. The Labute approximate surface area is 154 Å². The first-order valence-electron chi connectivity index (χ1n) is 9.07. The Hall–Kier alpha value is -1.89. The number of hydrogen-bond acceptors (Lipinski definition) is 4. The smallest absolute Gasteiger partial charge is 0.311 e. The maximum atomic E-state index is 12.1. The molecule has 1 aromatic carbocycles. The summed E-state index contributed by atoms with van der Waals surface area (Å²) < 4.78 is 24.2. The van der Waals surface area contributed by atoms with Gasteiger partial charge in [-0.1, -0.05) is 49.6 Å². The lowest BCUT2D eigenvalue weighted by Crippen LogP contribution is -2.45. The molecule has 144 valence electrons. The molecule has 1 aromatic rings. The summed E-state index contributed by atoms with van der Waals surface area (Å²) in [7, 11) is -3.50. The van der Waals surface area contributed by atoms with Crippen LogP contribution in [0.3, 0.4) is 0 Å². The van der Waals surface area contributed by atoms with E-state index >= 15 is 0 Å². The number of carboxylic acid groups (broad SMARTS) is 1. The van der Waals surface area contributed by atoms with E-state index in [2.05, 4.69) is 5.32 Å². The van der Waals surface area contributed by atoms with Crippen molar-refractivity contribution in [2.45, 2.75) is 44.9 Å². The topological polar surface area (TPSA) is 101 Å². The minimum Gasteiger partial charge on any atom is -0.481 e. The van der Waals surface area contributed by atoms with E-state index in [1.54, 1.807) is 0 Å². The van der Waals surface area contributed by atoms with E-state index in [-0.39, 0.29) is 12.3 Å². The first-order chi connectivity index (χ1) is 12.3. The monoisotopic (exact) mass is 381 g/mol. The van der Waals surface area contributed by atoms with Crippen molar-refractivity contribution in [2.24, 2.45) is 5.41 Å². The second kappa shape index (κ2) is 9.16. The number of rotatable bonds is 9. The van der Waals surface area contributed by atoms with Gasteiger partial charge in [0, 0.05) is 6.54 Å². The van der Waals surface area contributed by atoms with E-state index in [0.717, 1.165) is 24.8 Å². The van der Waals surface area contributed by atoms with Gasteiger partial charge in [-0.2, -0.15) is 0 Å². The molecule has 0 spiro atoms. The zero-order chi connectivity index (χ0) is 19.0. The van der Waals surface area contributed by atoms with Crippen molar-refractivity contribution in [2.75, 3.05) is 18.1 Å². The third-order valence-electron chi connectivity index (χ3n) is 5.00. The molecule has 0 aliphatic heterocycles. The van der Waals surface area contributed by atoms with E-state index in [1.807, 2.05) is 30.3 Å². The molecule has 0 heterocycles. The fourth-order valence-electron chi connectivity index (χ4n) is 3.43. The Morgan fingerprint density at radius 3 is 2.35 bits per heavy atom. The van der Waals surface area contributed by atoms with Crippen molar-refractivity contribution in [3.8, 4) is 0 Å². The average Bonchev–Trinajstić information content (AvgIpc) is 2.61. The van der Waals surface area contributed by atoms with Crippen LogP contribution in [-0.4, -0.2) is 43.5 Å². The van der Waals surface area contributed by atoms with Crippen LogP contribution in [0.1, 0.15) is 44.1 Å². The number of hydrogen-bond donors (Lipinski definition) is 2. The Morgan fingerprint density at radius 1 is 1.08 bits per heavy atom. The molecule has 1 amide bonds. The molecule has 0 bridgehead atoms. The summed E-state index contributed by atoms with van der Waals surface area (Å²) in [6.45, 7) is 0.000696. The molecule has 1 fully saturated rings. The molecule has 26 heavy (non-hydrogen) atoms. The highest BCUT2D eigenvalue weighted by atomic mass is 32.2. The van der Waals surface area contributed by atoms with Crippen LogP contribution in [0, 0.1) is 5.41 Å². The first kappa shape index (κ1) is 20.4. The summed E-state index contributed by atoms with van der Waals surface area (Å²) in [5.74, 6) is -2.17. The first-order valence-corrected chi connectivity index (χ1v) is 10.9. The van der Waals surface area contributed by atoms with Crippen molar-refractivity contribution >= 4 is 21.7 Å². The predicted octanol–water partition coefficient (Wildman–Crippen LogP) is 2.19. The van der Waals surface area contributed by atoms with E-state index < -0.39 is 32.9 Å². The zero-order valence-electron chi connectivity index (χ0n) is 14.9. The second-order valence-corrected chi connectivity index (χ2v) is 9.29. The molecule has 0 atom stereocenters. The van der Waals surface area contributed by atoms with Crippen molar-refractivity contribution in [1.29, 1.82) is 0 Å². The number of amides is 1. The summed E-state index contributed by atoms with van der Waals surface area (Å²) in [5, 5.41) is 12.0. The van der Waals surface area contributed by atoms with Gasteiger partial charge in [0.2, 0.25) is 5.91 Å². The molecule has 2 rings (SSSR count). The summed E-state index contributed by atoms with van der Waals surface area (Å²) in [5.41, 5.74) is 0.109. The van der Waals surface area contributed by atoms with Crippen molar-refractivity contribution in [3.63, 3.8) is 0 Å². The highest BCUT2D eigenvalue weighted by Crippen LogP contribution is 2.35. The molecule has 1 aliphatic carbocycles. The van der Waals surface area contributed by atoms with Crippen LogP contribution in [0.15, 0.2) is 30.3 Å². The SMILES string of the molecule is O=C(CS(=O)(=O)CCCc1ccccc1)NCC1(C(=O)O)CCCCC1. The van der Waals surface area contributed by atoms with Gasteiger partial charge in [0.15, 0.2) is 9.84 Å². The molecule has 0 radical (unpaired) electrons. The van der Waals surface area contributed by atoms with Crippen LogP contribution in [-0.2, 0) is 25.8 Å². The molecule has 1 aliphatic rings. The van der Waals surface area contributed by atoms with Gasteiger partial charge in [-0.25, -0.2) is 8.42 Å². The Morgan fingerprint density at radius 2 is 1.73 bits per heavy atom. The Kier molecular flexibility index (Phi) is 7.20. The van der Waals surface area contributed by atoms with Crippen molar-refractivity contribution in [1.82, 2.24) is 5.32 Å². The van der Waals surface area contributed by atoms with E-state index in [4.69, 9.17) is 0 Å². The molecule has 6 nitrogen and oxygen atoms in total. The van der Waals surface area contributed by atoms with Crippen LogP contribution in [0.4, 0.5) is 0 Å². The van der Waals surface area contributed by atoms with Crippen LogP contribution in [0.2, 0.25) is 0 Å². The van der Waals surface area contributed by atoms with Gasteiger partial charge in [0.05, 0.1) is 11.2 Å². The third kappa shape index (κ3) is 6.12. The highest BCUT2D eigenvalue weighted by molar-refractivity contribution is 7.92. The number of carbonyl (C=O) groups is 2. The number of benzene rings is 1. The normalized spacial score (nSPS) is 16.8. The summed E-state index contributed by atoms with van der Waals surface area (Å²) >= 11 is 0. The number of nitrogens with one attached hydrogen (secondary N) is 1. The fraction of sp³-hybridized carbons (Fsp3) is 0.579. The third-order valence-corrected chi connectivity index (χ3v) is 6.62. The molecule has 2 N–H and O–H groups in total. The van der Waals surface area contributed by atoms with Gasteiger partial charge < -0.3 is 10.4 Å². The van der Waals surface area contributed by atoms with Crippen molar-refractivity contribution in [3.05, 3.63) is 35.9 Å². The van der Waals surface area contributed by atoms with Gasteiger partial charge in [-0.05, 0) is 31.2 Å². The standard InChI is InChI=1S/C19H27NO5S/c21-17(20-15-19(18(22)23)11-5-2-6-12-19)14-26(24,25)13-7-10-16-8-3-1-4-9-16/h1,3-4,8-9H,2,5-7,10-15H2,(H,20,21)(H,22,23). The minimum atomic E-state index is -3.50. The summed E-state index contributed by atoms with van der Waals surface area (Å²) in [6, 6.07) is 9.59. The van der Waals surface area contributed by atoms with Crippen LogP contribution in [0.5, 0.6) is 0 Å². The number of aliphatic carboxylic acids is 1. The Balaban J connectivity index is 1.79. The molecule has 0 unspecified atom stereocenters. The molecular weight excluding hydrogens is 354 g/mol. The number of sulfone groups is 1. The van der Waals surface area contributed by atoms with Crippen LogP contribution >= 0.6 is 0 Å². The van der Waals surface area contributed by atoms with E-state index in [0.29, 0.717) is 25.7 Å². The zero-order valence-corrected chi connectivity index (χ0v) is 15.8. The van der Waals surface area contributed by atoms with Gasteiger partial charge in [-0.3, -0.25) is 9.59 Å². The second-order valence-electron chi connectivity index (χ2n) is 7.10. The summed E-state index contributed by atoms with van der Waals surface area (Å²) in [4.78, 5) is 23.6. The minimum absolute atomic E-state index is 0.000696. The Bertz CT molecular complexity index is 709. The molecule has 0 aromatic heterocycles. The van der Waals surface area contributed by atoms with Crippen molar-refractivity contribution < 1.29 is 23.1 Å². The van der Waals surface area contributed by atoms with E-state index in [9.17, 15) is 23.1 Å². The quantitative estimate of drug-likeness (QED) is 0.683. The fourth-order valence-corrected chi connectivity index (χ4v) is 4.66. The average molecular weight is 381 g/mol. The largest absolute Gasteiger partial charge is 0.481 e. The van der Waals surface area contributed by atoms with Gasteiger partial charge >= 0.3 is 5.97 Å². The molecule has 7 heteroatoms. The van der Waals surface area contributed by atoms with Crippen LogP contribution < -0.4 is 5.32 Å². The van der Waals surface area contributed by atoms with Gasteiger partial charge in [-0.15, -0.1) is 0 Å². The lowest BCUT2D eigenvalue weighted by molar-refractivity contribution is -0.151. The van der Waals surface area contributed by atoms with Crippen LogP contribution in [0.25, 0.3) is 0 Å². The number of carbonyl (C=O) groups excluding carboxylic acids is 1. The lowest BCUT2D eigenvalue weighted by atomic mass is 9.74. The predicted molar refractivity (Wildman–Crippen MR) is 99.6 cm³/mol. The molecular formula is C19H27NO5S. The van der Waals surface area contributed by atoms with Gasteiger partial charge in [0.25, 0.3) is 0 Å². The maximum absolute atomic E-state index is 12.1. The van der Waals surface area contributed by atoms with Gasteiger partial charge in [0.1, 0.15) is 5.75 Å². The summed E-state index contributed by atoms with van der Waals surface area (Å²) in [6.07, 6.45) is 4.78. The molecule has 0 saturated heterocycles.